The van der Waals surface area contributed by atoms with Gasteiger partial charge in [-0.05, 0) is 84.8 Å². The van der Waals surface area contributed by atoms with Gasteiger partial charge in [-0.15, -0.1) is 0 Å². The second-order valence-electron chi connectivity index (χ2n) is 12.8. The molecule has 4 aromatic rings. The molecule has 1 aliphatic carbocycles. The molecular weight excluding hydrogens is 620 g/mol. The first kappa shape index (κ1) is 34.4. The summed E-state index contributed by atoms with van der Waals surface area (Å²) in [5.74, 6) is -3.96. The molecule has 5 rings (SSSR count). The fourth-order valence-electron chi connectivity index (χ4n) is 6.42. The molecule has 0 spiro atoms. The topological polar surface area (TPSA) is 159 Å². The summed E-state index contributed by atoms with van der Waals surface area (Å²) in [6.45, 7) is 9.87. The average molecular weight is 661 g/mol. The molecule has 3 atom stereocenters. The lowest BCUT2D eigenvalue weighted by Gasteiger charge is -2.37. The van der Waals surface area contributed by atoms with Crippen molar-refractivity contribution in [2.45, 2.75) is 39.0 Å². The molecule has 8 heteroatoms. The summed E-state index contributed by atoms with van der Waals surface area (Å²) in [4.78, 5) is 14.7. The number of hydrogen-bond donors (Lipinski definition) is 7. The first-order valence-electron chi connectivity index (χ1n) is 15.9. The Morgan fingerprint density at radius 1 is 0.776 bits per heavy atom. The molecule has 0 bridgehead atoms. The summed E-state index contributed by atoms with van der Waals surface area (Å²) < 4.78 is 0. The quantitative estimate of drug-likeness (QED) is 0.0533. The van der Waals surface area contributed by atoms with Gasteiger partial charge in [0.05, 0.1) is 11.1 Å². The highest BCUT2D eigenvalue weighted by molar-refractivity contribution is 6.03. The van der Waals surface area contributed by atoms with E-state index >= 15 is 0 Å². The van der Waals surface area contributed by atoms with Crippen molar-refractivity contribution in [2.75, 3.05) is 0 Å². The molecule has 0 aromatic heterocycles. The number of phenols is 7. The van der Waals surface area contributed by atoms with Crippen molar-refractivity contribution in [2.24, 2.45) is 11.8 Å². The van der Waals surface area contributed by atoms with Crippen LogP contribution in [0.2, 0.25) is 0 Å². The maximum absolute atomic E-state index is 14.7. The summed E-state index contributed by atoms with van der Waals surface area (Å²) in [5, 5.41) is 74.9. The van der Waals surface area contributed by atoms with Crippen molar-refractivity contribution in [1.29, 1.82) is 0 Å². The molecule has 0 heterocycles. The number of phenolic OH excluding ortho intramolecular Hbond substituents is 7. The van der Waals surface area contributed by atoms with Crippen LogP contribution >= 0.6 is 0 Å². The lowest BCUT2D eigenvalue weighted by atomic mass is 9.65. The minimum absolute atomic E-state index is 0.0240. The number of rotatable bonds is 9. The fourth-order valence-corrected chi connectivity index (χ4v) is 6.42. The van der Waals surface area contributed by atoms with Crippen molar-refractivity contribution in [3.05, 3.63) is 130 Å². The van der Waals surface area contributed by atoms with Crippen LogP contribution in [-0.4, -0.2) is 41.5 Å². The molecule has 4 aromatic carbocycles. The van der Waals surface area contributed by atoms with E-state index in [0.29, 0.717) is 17.6 Å². The van der Waals surface area contributed by atoms with E-state index < -0.39 is 23.5 Å². The molecule has 0 aliphatic heterocycles. The second kappa shape index (κ2) is 14.1. The fraction of sp³-hybridized carbons (Fsp3) is 0.195. The Morgan fingerprint density at radius 2 is 1.43 bits per heavy atom. The van der Waals surface area contributed by atoms with E-state index in [1.54, 1.807) is 36.4 Å². The number of ketones is 1. The molecule has 252 valence electrons. The van der Waals surface area contributed by atoms with Crippen LogP contribution in [0.15, 0.2) is 97.1 Å². The van der Waals surface area contributed by atoms with Gasteiger partial charge in [-0.3, -0.25) is 4.79 Å². The van der Waals surface area contributed by atoms with Gasteiger partial charge < -0.3 is 35.7 Å². The van der Waals surface area contributed by atoms with Crippen LogP contribution in [0.1, 0.15) is 77.2 Å². The van der Waals surface area contributed by atoms with Crippen LogP contribution in [0.3, 0.4) is 0 Å². The van der Waals surface area contributed by atoms with E-state index in [9.17, 15) is 40.5 Å². The van der Waals surface area contributed by atoms with E-state index in [1.807, 2.05) is 26.8 Å². The Morgan fingerprint density at radius 3 is 2.10 bits per heavy atom. The highest BCUT2D eigenvalue weighted by atomic mass is 16.3. The second-order valence-corrected chi connectivity index (χ2v) is 12.8. The van der Waals surface area contributed by atoms with Gasteiger partial charge in [-0.25, -0.2) is 0 Å². The molecular formula is C41H40O8. The summed E-state index contributed by atoms with van der Waals surface area (Å²) in [6.07, 6.45) is 8.80. The first-order valence-corrected chi connectivity index (χ1v) is 15.9. The average Bonchev–Trinajstić information content (AvgIpc) is 3.04. The third-order valence-electron chi connectivity index (χ3n) is 8.91. The van der Waals surface area contributed by atoms with Crippen LogP contribution in [0.25, 0.3) is 17.7 Å². The largest absolute Gasteiger partial charge is 0.508 e. The molecule has 0 radical (unpaired) electrons. The zero-order valence-corrected chi connectivity index (χ0v) is 27.5. The standard InChI is InChI=1S/C41H40O8/c1-22(2)5-14-30-34(44)17-16-31(39(30)47)41(49)37-32(25-8-11-27(42)12-9-25)19-23(3)20-33(37)38-35(45)18-15-29(40(38)48)24(4)6-7-26-10-13-28(43)21-36(26)46/h5-18,20-22,32-33,37,42-48H,4,19H2,1-3H3/b7-6+,14-5+. The lowest BCUT2D eigenvalue weighted by Crippen LogP contribution is -2.31. The Hall–Kier alpha value is -5.89. The minimum Gasteiger partial charge on any atom is -0.508 e. The van der Waals surface area contributed by atoms with Crippen LogP contribution < -0.4 is 0 Å². The maximum Gasteiger partial charge on any atom is 0.171 e. The Labute approximate surface area is 285 Å². The first-order chi connectivity index (χ1) is 23.3. The Balaban J connectivity index is 1.65. The van der Waals surface area contributed by atoms with Gasteiger partial charge in [0, 0.05) is 34.6 Å². The van der Waals surface area contributed by atoms with E-state index in [-0.39, 0.29) is 68.4 Å². The zero-order valence-electron chi connectivity index (χ0n) is 27.5. The van der Waals surface area contributed by atoms with Crippen LogP contribution in [-0.2, 0) is 0 Å². The van der Waals surface area contributed by atoms with Crippen LogP contribution in [0.4, 0.5) is 0 Å². The van der Waals surface area contributed by atoms with Gasteiger partial charge in [0.15, 0.2) is 5.78 Å². The highest BCUT2D eigenvalue weighted by Gasteiger charge is 2.42. The Kier molecular flexibility index (Phi) is 9.89. The summed E-state index contributed by atoms with van der Waals surface area (Å²) >= 11 is 0. The number of carbonyl (C=O) groups excluding carboxylic acids is 1. The number of hydrogen-bond acceptors (Lipinski definition) is 8. The van der Waals surface area contributed by atoms with E-state index in [4.69, 9.17) is 0 Å². The van der Waals surface area contributed by atoms with Crippen LogP contribution in [0.5, 0.6) is 40.2 Å². The smallest absolute Gasteiger partial charge is 0.171 e. The maximum atomic E-state index is 14.7. The van der Waals surface area contributed by atoms with Crippen molar-refractivity contribution in [3.8, 4) is 40.2 Å². The van der Waals surface area contributed by atoms with Gasteiger partial charge >= 0.3 is 0 Å². The number of aromatic hydroxyl groups is 7. The minimum atomic E-state index is -0.949. The Bertz CT molecular complexity index is 2000. The highest BCUT2D eigenvalue weighted by Crippen LogP contribution is 2.52. The van der Waals surface area contributed by atoms with Gasteiger partial charge in [0.25, 0.3) is 0 Å². The lowest BCUT2D eigenvalue weighted by molar-refractivity contribution is 0.0877. The molecule has 0 saturated carbocycles. The van der Waals surface area contributed by atoms with Gasteiger partial charge in [-0.1, -0.05) is 68.5 Å². The SMILES string of the molecule is C=C(/C=C/c1ccc(O)cc1O)c1ccc(O)c(C2C=C(C)CC(c3ccc(O)cc3)C2C(=O)c2ccc(O)c(/C=C/C(C)C)c2O)c1O. The van der Waals surface area contributed by atoms with Crippen molar-refractivity contribution >= 4 is 23.5 Å². The van der Waals surface area contributed by atoms with Gasteiger partial charge in [0.2, 0.25) is 0 Å². The molecule has 0 saturated heterocycles. The molecule has 7 N–H and O–H groups in total. The molecule has 0 amide bonds. The normalized spacial score (nSPS) is 17.9. The van der Waals surface area contributed by atoms with Crippen molar-refractivity contribution in [3.63, 3.8) is 0 Å². The predicted octanol–water partition coefficient (Wildman–Crippen LogP) is 8.74. The van der Waals surface area contributed by atoms with E-state index in [0.717, 1.165) is 11.1 Å². The zero-order chi connectivity index (χ0) is 35.6. The molecule has 1 aliphatic rings. The number of Topliss-reactive ketones (excluding diaryl/α,β-unsaturated/α-hetero) is 1. The van der Waals surface area contributed by atoms with Gasteiger partial charge in [-0.2, -0.15) is 0 Å². The molecule has 3 unspecified atom stereocenters. The third-order valence-corrected chi connectivity index (χ3v) is 8.91. The van der Waals surface area contributed by atoms with Gasteiger partial charge in [0.1, 0.15) is 40.2 Å². The van der Waals surface area contributed by atoms with E-state index in [2.05, 4.69) is 6.58 Å². The third kappa shape index (κ3) is 7.18. The molecule has 8 nitrogen and oxygen atoms in total. The van der Waals surface area contributed by atoms with Crippen molar-refractivity contribution < 1.29 is 40.5 Å². The number of carbonyl (C=O) groups is 1. The summed E-state index contributed by atoms with van der Waals surface area (Å²) in [6, 6.07) is 16.3. The predicted molar refractivity (Wildman–Crippen MR) is 191 cm³/mol. The monoisotopic (exact) mass is 660 g/mol. The number of benzene rings is 4. The molecule has 49 heavy (non-hydrogen) atoms. The van der Waals surface area contributed by atoms with E-state index in [1.165, 1.54) is 54.6 Å². The summed E-state index contributed by atoms with van der Waals surface area (Å²) in [5.41, 5.74) is 2.84. The van der Waals surface area contributed by atoms with Crippen molar-refractivity contribution in [1.82, 2.24) is 0 Å². The number of allylic oxidation sites excluding steroid dienone is 5. The van der Waals surface area contributed by atoms with Crippen LogP contribution in [0, 0.1) is 11.8 Å². The molecule has 0 fully saturated rings. The summed E-state index contributed by atoms with van der Waals surface area (Å²) in [7, 11) is 0.